The molecule has 0 unspecified atom stereocenters. The molecule has 0 bridgehead atoms. The van der Waals surface area contributed by atoms with Crippen molar-refractivity contribution >= 4 is 5.69 Å². The second kappa shape index (κ2) is 5.20. The van der Waals surface area contributed by atoms with Crippen molar-refractivity contribution in [3.8, 4) is 0 Å². The molecular formula is C15H15NO3. The average Bonchev–Trinajstić information content (AvgIpc) is 2.38. The average molecular weight is 257 g/mol. The summed E-state index contributed by atoms with van der Waals surface area (Å²) < 4.78 is 0. The fraction of sp³-hybridized carbons (Fsp3) is 0.200. The maximum absolute atomic E-state index is 10.6. The van der Waals surface area contributed by atoms with Crippen LogP contribution in [-0.2, 0) is 0 Å². The molecule has 0 heterocycles. The van der Waals surface area contributed by atoms with Gasteiger partial charge in [-0.25, -0.2) is 0 Å². The summed E-state index contributed by atoms with van der Waals surface area (Å²) in [6.45, 7) is 3.94. The van der Waals surface area contributed by atoms with E-state index in [4.69, 9.17) is 0 Å². The highest BCUT2D eigenvalue weighted by molar-refractivity contribution is 5.40. The second-order valence-electron chi connectivity index (χ2n) is 4.61. The van der Waals surface area contributed by atoms with Crippen molar-refractivity contribution in [2.24, 2.45) is 0 Å². The Morgan fingerprint density at radius 3 is 2.26 bits per heavy atom. The van der Waals surface area contributed by atoms with Crippen LogP contribution in [0.25, 0.3) is 0 Å². The van der Waals surface area contributed by atoms with E-state index in [9.17, 15) is 15.2 Å². The molecule has 4 heteroatoms. The molecule has 0 aliphatic heterocycles. The van der Waals surface area contributed by atoms with E-state index in [1.807, 2.05) is 32.0 Å². The standard InChI is InChI=1S/C15H15NO3/c1-10-3-8-14(11(2)9-10)15(17)12-4-6-13(7-5-12)16(18)19/h3-9,15,17H,1-2H3/t15-/m1/s1. The smallest absolute Gasteiger partial charge is 0.269 e. The Labute approximate surface area is 111 Å². The lowest BCUT2D eigenvalue weighted by Crippen LogP contribution is -2.02. The summed E-state index contributed by atoms with van der Waals surface area (Å²) in [6, 6.07) is 11.8. The number of nitro benzene ring substituents is 1. The van der Waals surface area contributed by atoms with Gasteiger partial charge < -0.3 is 5.11 Å². The molecule has 0 spiro atoms. The van der Waals surface area contributed by atoms with Gasteiger partial charge in [-0.1, -0.05) is 23.8 Å². The van der Waals surface area contributed by atoms with Crippen LogP contribution in [0.15, 0.2) is 42.5 Å². The summed E-state index contributed by atoms with van der Waals surface area (Å²) >= 11 is 0. The minimum absolute atomic E-state index is 0.0246. The molecular weight excluding hydrogens is 242 g/mol. The van der Waals surface area contributed by atoms with Gasteiger partial charge in [0.05, 0.1) is 4.92 Å². The van der Waals surface area contributed by atoms with Crippen molar-refractivity contribution < 1.29 is 10.0 Å². The van der Waals surface area contributed by atoms with Crippen LogP contribution >= 0.6 is 0 Å². The number of aliphatic hydroxyl groups is 1. The van der Waals surface area contributed by atoms with Gasteiger partial charge in [-0.05, 0) is 42.7 Å². The number of benzene rings is 2. The highest BCUT2D eigenvalue weighted by Crippen LogP contribution is 2.26. The van der Waals surface area contributed by atoms with E-state index < -0.39 is 11.0 Å². The van der Waals surface area contributed by atoms with Crippen molar-refractivity contribution in [2.75, 3.05) is 0 Å². The van der Waals surface area contributed by atoms with Crippen molar-refractivity contribution in [2.45, 2.75) is 20.0 Å². The fourth-order valence-corrected chi connectivity index (χ4v) is 2.09. The molecule has 2 aromatic carbocycles. The zero-order valence-electron chi connectivity index (χ0n) is 10.8. The predicted molar refractivity (Wildman–Crippen MR) is 73.1 cm³/mol. The third kappa shape index (κ3) is 2.80. The monoisotopic (exact) mass is 257 g/mol. The second-order valence-corrected chi connectivity index (χ2v) is 4.61. The van der Waals surface area contributed by atoms with Crippen LogP contribution < -0.4 is 0 Å². The quantitative estimate of drug-likeness (QED) is 0.677. The highest BCUT2D eigenvalue weighted by atomic mass is 16.6. The first kappa shape index (κ1) is 13.2. The van der Waals surface area contributed by atoms with Gasteiger partial charge in [0.25, 0.3) is 5.69 Å². The Balaban J connectivity index is 2.33. The molecule has 0 fully saturated rings. The molecule has 0 saturated carbocycles. The number of aryl methyl sites for hydroxylation is 2. The molecule has 1 N–H and O–H groups in total. The first-order valence-corrected chi connectivity index (χ1v) is 5.98. The number of rotatable bonds is 3. The van der Waals surface area contributed by atoms with Crippen LogP contribution in [0, 0.1) is 24.0 Å². The maximum Gasteiger partial charge on any atom is 0.269 e. The molecule has 4 nitrogen and oxygen atoms in total. The normalized spacial score (nSPS) is 12.2. The molecule has 0 aromatic heterocycles. The number of aliphatic hydroxyl groups excluding tert-OH is 1. The van der Waals surface area contributed by atoms with E-state index in [1.165, 1.54) is 12.1 Å². The molecule has 2 aromatic rings. The molecule has 1 atom stereocenters. The predicted octanol–water partition coefficient (Wildman–Crippen LogP) is 3.29. The van der Waals surface area contributed by atoms with Crippen molar-refractivity contribution in [1.29, 1.82) is 0 Å². The number of hydrogen-bond donors (Lipinski definition) is 1. The van der Waals surface area contributed by atoms with Crippen LogP contribution in [0.1, 0.15) is 28.4 Å². The topological polar surface area (TPSA) is 63.4 Å². The Morgan fingerprint density at radius 2 is 1.74 bits per heavy atom. The lowest BCUT2D eigenvalue weighted by atomic mass is 9.96. The highest BCUT2D eigenvalue weighted by Gasteiger charge is 2.14. The Kier molecular flexibility index (Phi) is 3.62. The van der Waals surface area contributed by atoms with Crippen molar-refractivity contribution in [3.63, 3.8) is 0 Å². The largest absolute Gasteiger partial charge is 0.384 e. The Hall–Kier alpha value is -2.20. The van der Waals surface area contributed by atoms with E-state index in [2.05, 4.69) is 0 Å². The van der Waals surface area contributed by atoms with Gasteiger partial charge in [0.1, 0.15) is 6.10 Å². The first-order chi connectivity index (χ1) is 8.99. The minimum Gasteiger partial charge on any atom is -0.384 e. The molecule has 98 valence electrons. The van der Waals surface area contributed by atoms with Gasteiger partial charge in [0.2, 0.25) is 0 Å². The van der Waals surface area contributed by atoms with Crippen LogP contribution in [0.2, 0.25) is 0 Å². The number of hydrogen-bond acceptors (Lipinski definition) is 3. The van der Waals surface area contributed by atoms with E-state index in [0.29, 0.717) is 5.56 Å². The summed E-state index contributed by atoms with van der Waals surface area (Å²) in [5, 5.41) is 20.9. The van der Waals surface area contributed by atoms with Gasteiger partial charge in [-0.2, -0.15) is 0 Å². The fourth-order valence-electron chi connectivity index (χ4n) is 2.09. The summed E-state index contributed by atoms with van der Waals surface area (Å²) in [7, 11) is 0. The van der Waals surface area contributed by atoms with Crippen LogP contribution in [0.4, 0.5) is 5.69 Å². The molecule has 2 rings (SSSR count). The minimum atomic E-state index is -0.763. The Morgan fingerprint density at radius 1 is 1.11 bits per heavy atom. The number of nitro groups is 1. The lowest BCUT2D eigenvalue weighted by molar-refractivity contribution is -0.384. The van der Waals surface area contributed by atoms with Crippen LogP contribution in [0.5, 0.6) is 0 Å². The third-order valence-electron chi connectivity index (χ3n) is 3.14. The van der Waals surface area contributed by atoms with Crippen molar-refractivity contribution in [1.82, 2.24) is 0 Å². The zero-order chi connectivity index (χ0) is 14.0. The molecule has 19 heavy (non-hydrogen) atoms. The summed E-state index contributed by atoms with van der Waals surface area (Å²) in [5.74, 6) is 0. The van der Waals surface area contributed by atoms with E-state index in [-0.39, 0.29) is 5.69 Å². The van der Waals surface area contributed by atoms with Gasteiger partial charge in [-0.3, -0.25) is 10.1 Å². The van der Waals surface area contributed by atoms with E-state index in [0.717, 1.165) is 16.7 Å². The summed E-state index contributed by atoms with van der Waals surface area (Å²) in [6.07, 6.45) is -0.763. The van der Waals surface area contributed by atoms with Crippen LogP contribution in [-0.4, -0.2) is 10.0 Å². The van der Waals surface area contributed by atoms with Gasteiger partial charge >= 0.3 is 0 Å². The maximum atomic E-state index is 10.6. The lowest BCUT2D eigenvalue weighted by Gasteiger charge is -2.14. The van der Waals surface area contributed by atoms with Crippen molar-refractivity contribution in [3.05, 3.63) is 74.8 Å². The Bertz CT molecular complexity index is 605. The number of non-ortho nitro benzene ring substituents is 1. The SMILES string of the molecule is Cc1ccc([C@H](O)c2ccc([N+](=O)[O-])cc2)c(C)c1. The van der Waals surface area contributed by atoms with Gasteiger partial charge in [-0.15, -0.1) is 0 Å². The van der Waals surface area contributed by atoms with E-state index >= 15 is 0 Å². The summed E-state index contributed by atoms with van der Waals surface area (Å²) in [4.78, 5) is 10.1. The van der Waals surface area contributed by atoms with E-state index in [1.54, 1.807) is 12.1 Å². The number of nitrogens with zero attached hydrogens (tertiary/aromatic N) is 1. The molecule has 0 amide bonds. The molecule has 0 aliphatic carbocycles. The summed E-state index contributed by atoms with van der Waals surface area (Å²) in [5.41, 5.74) is 3.64. The van der Waals surface area contributed by atoms with Gasteiger partial charge in [0.15, 0.2) is 0 Å². The first-order valence-electron chi connectivity index (χ1n) is 5.98. The zero-order valence-corrected chi connectivity index (χ0v) is 10.8. The molecule has 0 radical (unpaired) electrons. The third-order valence-corrected chi connectivity index (χ3v) is 3.14. The molecule has 0 saturated heterocycles. The van der Waals surface area contributed by atoms with Gasteiger partial charge in [0, 0.05) is 12.1 Å². The van der Waals surface area contributed by atoms with Crippen LogP contribution in [0.3, 0.4) is 0 Å². The molecule has 0 aliphatic rings.